The predicted molar refractivity (Wildman–Crippen MR) is 69.6 cm³/mol. The van der Waals surface area contributed by atoms with Crippen LogP contribution in [0.25, 0.3) is 0 Å². The molecule has 0 aliphatic heterocycles. The first kappa shape index (κ1) is 13.7. The molecule has 2 nitrogen and oxygen atoms in total. The van der Waals surface area contributed by atoms with E-state index in [1.54, 1.807) is 0 Å². The van der Waals surface area contributed by atoms with E-state index < -0.39 is 0 Å². The SMILES string of the molecule is C=C(C)CNC1CC(OCC(C)C)C1(C)C. The van der Waals surface area contributed by atoms with Crippen LogP contribution in [0.15, 0.2) is 12.2 Å². The summed E-state index contributed by atoms with van der Waals surface area (Å²) in [6.07, 6.45) is 1.55. The average molecular weight is 225 g/mol. The lowest BCUT2D eigenvalue weighted by Crippen LogP contribution is -2.61. The summed E-state index contributed by atoms with van der Waals surface area (Å²) in [5, 5.41) is 3.55. The van der Waals surface area contributed by atoms with E-state index in [2.05, 4.69) is 46.5 Å². The van der Waals surface area contributed by atoms with E-state index in [4.69, 9.17) is 4.74 Å². The Kier molecular flexibility index (Phi) is 4.57. The highest BCUT2D eigenvalue weighted by Crippen LogP contribution is 2.42. The van der Waals surface area contributed by atoms with E-state index in [0.717, 1.165) is 19.6 Å². The summed E-state index contributed by atoms with van der Waals surface area (Å²) in [4.78, 5) is 0. The van der Waals surface area contributed by atoms with Crippen LogP contribution < -0.4 is 5.32 Å². The van der Waals surface area contributed by atoms with Gasteiger partial charge in [0.05, 0.1) is 6.10 Å². The standard InChI is InChI=1S/C14H27NO/c1-10(2)8-15-12-7-13(14(12,5)6)16-9-11(3)4/h11-13,15H,1,7-9H2,2-6H3. The van der Waals surface area contributed by atoms with Crippen molar-refractivity contribution in [3.8, 4) is 0 Å². The van der Waals surface area contributed by atoms with Crippen LogP contribution in [0.5, 0.6) is 0 Å². The van der Waals surface area contributed by atoms with Crippen LogP contribution in [-0.2, 0) is 4.74 Å². The van der Waals surface area contributed by atoms with E-state index in [0.29, 0.717) is 18.1 Å². The second-order valence-electron chi connectivity index (χ2n) is 6.16. The minimum atomic E-state index is 0.254. The first-order chi connectivity index (χ1) is 7.34. The first-order valence-corrected chi connectivity index (χ1v) is 6.33. The van der Waals surface area contributed by atoms with Crippen molar-refractivity contribution < 1.29 is 4.74 Å². The van der Waals surface area contributed by atoms with Crippen LogP contribution in [-0.4, -0.2) is 25.3 Å². The molecule has 0 aromatic rings. The van der Waals surface area contributed by atoms with Gasteiger partial charge in [0.1, 0.15) is 0 Å². The van der Waals surface area contributed by atoms with E-state index >= 15 is 0 Å². The van der Waals surface area contributed by atoms with E-state index in [9.17, 15) is 0 Å². The maximum absolute atomic E-state index is 5.93. The first-order valence-electron chi connectivity index (χ1n) is 6.33. The molecule has 0 bridgehead atoms. The fourth-order valence-electron chi connectivity index (χ4n) is 2.12. The number of ether oxygens (including phenoxy) is 1. The highest BCUT2D eigenvalue weighted by Gasteiger charge is 2.48. The molecule has 0 aromatic carbocycles. The summed E-state index contributed by atoms with van der Waals surface area (Å²) in [5.41, 5.74) is 1.45. The third kappa shape index (κ3) is 3.33. The van der Waals surface area contributed by atoms with Crippen molar-refractivity contribution in [2.75, 3.05) is 13.2 Å². The molecule has 1 saturated carbocycles. The van der Waals surface area contributed by atoms with Gasteiger partial charge in [-0.2, -0.15) is 0 Å². The minimum Gasteiger partial charge on any atom is -0.377 e. The molecule has 0 spiro atoms. The van der Waals surface area contributed by atoms with Crippen molar-refractivity contribution in [3.63, 3.8) is 0 Å². The fraction of sp³-hybridized carbons (Fsp3) is 0.857. The summed E-state index contributed by atoms with van der Waals surface area (Å²) < 4.78 is 5.93. The van der Waals surface area contributed by atoms with E-state index in [-0.39, 0.29) is 5.41 Å². The van der Waals surface area contributed by atoms with Crippen molar-refractivity contribution in [2.45, 2.75) is 53.2 Å². The van der Waals surface area contributed by atoms with Gasteiger partial charge in [-0.1, -0.05) is 39.8 Å². The molecular formula is C14H27NO. The molecule has 2 atom stereocenters. The van der Waals surface area contributed by atoms with Crippen LogP contribution in [0.4, 0.5) is 0 Å². The summed E-state index contributed by atoms with van der Waals surface area (Å²) in [6.45, 7) is 16.7. The minimum absolute atomic E-state index is 0.254. The summed E-state index contributed by atoms with van der Waals surface area (Å²) in [6, 6.07) is 0.571. The molecule has 1 N–H and O–H groups in total. The quantitative estimate of drug-likeness (QED) is 0.702. The molecule has 1 rings (SSSR count). The second kappa shape index (κ2) is 5.33. The van der Waals surface area contributed by atoms with Crippen LogP contribution in [0.3, 0.4) is 0 Å². The van der Waals surface area contributed by atoms with Gasteiger partial charge in [0.2, 0.25) is 0 Å². The van der Waals surface area contributed by atoms with Gasteiger partial charge in [-0.15, -0.1) is 0 Å². The van der Waals surface area contributed by atoms with Gasteiger partial charge in [-0.3, -0.25) is 0 Å². The Hall–Kier alpha value is -0.340. The van der Waals surface area contributed by atoms with Crippen LogP contribution in [0.2, 0.25) is 0 Å². The van der Waals surface area contributed by atoms with Gasteiger partial charge < -0.3 is 10.1 Å². The molecule has 0 heterocycles. The van der Waals surface area contributed by atoms with Crippen molar-refractivity contribution in [2.24, 2.45) is 11.3 Å². The maximum atomic E-state index is 5.93. The van der Waals surface area contributed by atoms with Gasteiger partial charge in [-0.05, 0) is 19.3 Å². The molecule has 0 amide bonds. The number of nitrogens with one attached hydrogen (secondary N) is 1. The molecule has 1 aliphatic carbocycles. The number of rotatable bonds is 6. The molecule has 16 heavy (non-hydrogen) atoms. The Bertz CT molecular complexity index is 245. The third-order valence-corrected chi connectivity index (χ3v) is 3.46. The lowest BCUT2D eigenvalue weighted by molar-refractivity contribution is -0.123. The van der Waals surface area contributed by atoms with Crippen molar-refractivity contribution in [3.05, 3.63) is 12.2 Å². The van der Waals surface area contributed by atoms with Gasteiger partial charge >= 0.3 is 0 Å². The smallest absolute Gasteiger partial charge is 0.0656 e. The molecule has 0 saturated heterocycles. The Morgan fingerprint density at radius 1 is 1.50 bits per heavy atom. The average Bonchev–Trinajstić information content (AvgIpc) is 2.14. The molecule has 0 aromatic heterocycles. The Balaban J connectivity index is 2.32. The molecule has 1 aliphatic rings. The zero-order chi connectivity index (χ0) is 12.3. The maximum Gasteiger partial charge on any atom is 0.0656 e. The molecule has 0 radical (unpaired) electrons. The van der Waals surface area contributed by atoms with E-state index in [1.165, 1.54) is 5.57 Å². The normalized spacial score (nSPS) is 27.9. The summed E-state index contributed by atoms with van der Waals surface area (Å²) in [5.74, 6) is 0.623. The zero-order valence-electron chi connectivity index (χ0n) is 11.5. The van der Waals surface area contributed by atoms with Crippen molar-refractivity contribution >= 4 is 0 Å². The van der Waals surface area contributed by atoms with Gasteiger partial charge in [0.15, 0.2) is 0 Å². The molecule has 94 valence electrons. The second-order valence-corrected chi connectivity index (χ2v) is 6.16. The Labute approximate surface area is 100 Å². The number of hydrogen-bond donors (Lipinski definition) is 1. The van der Waals surface area contributed by atoms with Crippen LogP contribution in [0.1, 0.15) is 41.0 Å². The van der Waals surface area contributed by atoms with Crippen molar-refractivity contribution in [1.29, 1.82) is 0 Å². The highest BCUT2D eigenvalue weighted by molar-refractivity contribution is 5.05. The Morgan fingerprint density at radius 3 is 2.56 bits per heavy atom. The highest BCUT2D eigenvalue weighted by atomic mass is 16.5. The van der Waals surface area contributed by atoms with Gasteiger partial charge in [0, 0.05) is 24.6 Å². The van der Waals surface area contributed by atoms with Gasteiger partial charge in [0.25, 0.3) is 0 Å². The van der Waals surface area contributed by atoms with Crippen LogP contribution in [0, 0.1) is 11.3 Å². The molecule has 1 fully saturated rings. The topological polar surface area (TPSA) is 21.3 Å². The lowest BCUT2D eigenvalue weighted by Gasteiger charge is -2.52. The van der Waals surface area contributed by atoms with Crippen LogP contribution >= 0.6 is 0 Å². The predicted octanol–water partition coefficient (Wildman–Crippen LogP) is 2.99. The monoisotopic (exact) mass is 225 g/mol. The third-order valence-electron chi connectivity index (χ3n) is 3.46. The fourth-order valence-corrected chi connectivity index (χ4v) is 2.12. The lowest BCUT2D eigenvalue weighted by atomic mass is 9.64. The van der Waals surface area contributed by atoms with Gasteiger partial charge in [-0.25, -0.2) is 0 Å². The van der Waals surface area contributed by atoms with Crippen molar-refractivity contribution in [1.82, 2.24) is 5.32 Å². The molecular weight excluding hydrogens is 198 g/mol. The molecule has 2 unspecified atom stereocenters. The largest absolute Gasteiger partial charge is 0.377 e. The summed E-state index contributed by atoms with van der Waals surface area (Å²) in [7, 11) is 0. The van der Waals surface area contributed by atoms with E-state index in [1.807, 2.05) is 0 Å². The number of hydrogen-bond acceptors (Lipinski definition) is 2. The molecule has 2 heteroatoms. The zero-order valence-corrected chi connectivity index (χ0v) is 11.5. The summed E-state index contributed by atoms with van der Waals surface area (Å²) >= 11 is 0. The Morgan fingerprint density at radius 2 is 2.12 bits per heavy atom.